The molecule has 1 aliphatic heterocycles. The highest BCUT2D eigenvalue weighted by Crippen LogP contribution is 2.28. The zero-order valence-electron chi connectivity index (χ0n) is 13.8. The predicted octanol–water partition coefficient (Wildman–Crippen LogP) is 3.15. The van der Waals surface area contributed by atoms with Gasteiger partial charge in [-0.1, -0.05) is 17.7 Å². The molecule has 2 aromatic rings. The second-order valence-corrected chi connectivity index (χ2v) is 9.54. The minimum Gasteiger partial charge on any atom is -0.435 e. The van der Waals surface area contributed by atoms with Crippen LogP contribution in [0.2, 0.25) is 4.34 Å². The second-order valence-electron chi connectivity index (χ2n) is 5.66. The van der Waals surface area contributed by atoms with Crippen molar-refractivity contribution >= 4 is 38.9 Å². The van der Waals surface area contributed by atoms with Gasteiger partial charge in [0.1, 0.15) is 9.96 Å². The molecule has 0 unspecified atom stereocenters. The molecule has 11 heteroatoms. The van der Waals surface area contributed by atoms with Crippen LogP contribution in [0.5, 0.6) is 5.75 Å². The predicted molar refractivity (Wildman–Crippen MR) is 97.1 cm³/mol. The van der Waals surface area contributed by atoms with Crippen molar-refractivity contribution in [2.45, 2.75) is 10.8 Å². The molecule has 0 N–H and O–H groups in total. The number of carbonyl (C=O) groups is 1. The highest BCUT2D eigenvalue weighted by atomic mass is 35.5. The number of halogens is 3. The Bertz CT molecular complexity index is 928. The molecule has 3 rings (SSSR count). The van der Waals surface area contributed by atoms with Gasteiger partial charge in [-0.05, 0) is 30.3 Å². The van der Waals surface area contributed by atoms with Crippen LogP contribution in [0.4, 0.5) is 8.78 Å². The molecule has 0 saturated carbocycles. The summed E-state index contributed by atoms with van der Waals surface area (Å²) in [5.41, 5.74) is 0.203. The van der Waals surface area contributed by atoms with E-state index in [2.05, 4.69) is 4.74 Å². The number of hydrogen-bond donors (Lipinski definition) is 0. The van der Waals surface area contributed by atoms with E-state index in [0.717, 1.165) is 11.3 Å². The zero-order chi connectivity index (χ0) is 19.6. The fourth-order valence-corrected chi connectivity index (χ4v) is 5.74. The Hall–Kier alpha value is -1.75. The number of carbonyl (C=O) groups excluding carboxylic acids is 1. The highest BCUT2D eigenvalue weighted by Gasteiger charge is 2.31. The van der Waals surface area contributed by atoms with Crippen molar-refractivity contribution in [1.29, 1.82) is 0 Å². The molecule has 1 aliphatic rings. The van der Waals surface area contributed by atoms with Gasteiger partial charge in [-0.15, -0.1) is 11.3 Å². The highest BCUT2D eigenvalue weighted by molar-refractivity contribution is 7.91. The topological polar surface area (TPSA) is 66.9 Å². The molecule has 0 radical (unpaired) electrons. The summed E-state index contributed by atoms with van der Waals surface area (Å²) in [6.45, 7) is -2.32. The van der Waals surface area contributed by atoms with Crippen LogP contribution >= 0.6 is 22.9 Å². The van der Waals surface area contributed by atoms with E-state index in [0.29, 0.717) is 4.34 Å². The second kappa shape index (κ2) is 8.09. The number of piperazine rings is 1. The lowest BCUT2D eigenvalue weighted by Crippen LogP contribution is -2.50. The summed E-state index contributed by atoms with van der Waals surface area (Å²) in [6.07, 6.45) is 0. The number of sulfonamides is 1. The maximum Gasteiger partial charge on any atom is 0.387 e. The Kier molecular flexibility index (Phi) is 5.99. The summed E-state index contributed by atoms with van der Waals surface area (Å²) >= 11 is 6.79. The number of ether oxygens (including phenoxy) is 1. The molecule has 0 aliphatic carbocycles. The number of benzene rings is 1. The van der Waals surface area contributed by atoms with E-state index in [1.807, 2.05) is 0 Å². The van der Waals surface area contributed by atoms with Gasteiger partial charge in [0.25, 0.3) is 15.9 Å². The molecule has 0 bridgehead atoms. The maximum absolute atomic E-state index is 12.6. The first-order valence-electron chi connectivity index (χ1n) is 7.87. The average Bonchev–Trinajstić information content (AvgIpc) is 3.08. The zero-order valence-corrected chi connectivity index (χ0v) is 16.2. The van der Waals surface area contributed by atoms with Gasteiger partial charge in [-0.2, -0.15) is 13.1 Å². The minimum atomic E-state index is -3.65. The quantitative estimate of drug-likeness (QED) is 0.722. The summed E-state index contributed by atoms with van der Waals surface area (Å²) < 4.78 is 55.9. The number of hydrogen-bond acceptors (Lipinski definition) is 5. The average molecular weight is 437 g/mol. The molecule has 1 amide bonds. The lowest BCUT2D eigenvalue weighted by Gasteiger charge is -2.33. The van der Waals surface area contributed by atoms with Crippen molar-refractivity contribution < 1.29 is 26.7 Å². The van der Waals surface area contributed by atoms with Gasteiger partial charge in [0, 0.05) is 31.7 Å². The van der Waals surface area contributed by atoms with Gasteiger partial charge in [0.2, 0.25) is 0 Å². The summed E-state index contributed by atoms with van der Waals surface area (Å²) in [5.74, 6) is -0.474. The minimum absolute atomic E-state index is 0.105. The Morgan fingerprint density at radius 1 is 1.15 bits per heavy atom. The van der Waals surface area contributed by atoms with Gasteiger partial charge in [-0.3, -0.25) is 4.79 Å². The molecule has 1 aromatic carbocycles. The first-order chi connectivity index (χ1) is 12.8. The molecular weight excluding hydrogens is 422 g/mol. The van der Waals surface area contributed by atoms with Crippen LogP contribution in [-0.2, 0) is 10.0 Å². The van der Waals surface area contributed by atoms with Crippen molar-refractivity contribution in [3.63, 3.8) is 0 Å². The van der Waals surface area contributed by atoms with E-state index in [1.54, 1.807) is 0 Å². The Labute approximate surface area is 164 Å². The van der Waals surface area contributed by atoms with E-state index < -0.39 is 16.6 Å². The summed E-state index contributed by atoms with van der Waals surface area (Å²) in [4.78, 5) is 14.0. The monoisotopic (exact) mass is 436 g/mol. The first kappa shape index (κ1) is 20.0. The summed E-state index contributed by atoms with van der Waals surface area (Å²) in [5, 5.41) is 0. The van der Waals surface area contributed by atoms with Crippen molar-refractivity contribution in [2.24, 2.45) is 0 Å². The van der Waals surface area contributed by atoms with E-state index in [4.69, 9.17) is 11.6 Å². The van der Waals surface area contributed by atoms with Crippen LogP contribution in [0.15, 0.2) is 40.6 Å². The Balaban J connectivity index is 1.66. The number of rotatable bonds is 5. The molecular formula is C16H15ClF2N2O4S2. The van der Waals surface area contributed by atoms with Gasteiger partial charge >= 0.3 is 6.61 Å². The fraction of sp³-hybridized carbons (Fsp3) is 0.312. The van der Waals surface area contributed by atoms with Gasteiger partial charge in [-0.25, -0.2) is 8.42 Å². The third-order valence-electron chi connectivity index (χ3n) is 3.97. The molecule has 146 valence electrons. The molecule has 1 fully saturated rings. The van der Waals surface area contributed by atoms with Crippen LogP contribution in [0.3, 0.4) is 0 Å². The van der Waals surface area contributed by atoms with Crippen LogP contribution in [0.1, 0.15) is 10.4 Å². The largest absolute Gasteiger partial charge is 0.435 e. The standard InChI is InChI=1S/C16H15ClF2N2O4S2/c17-13-4-5-14(26-13)27(23,24)21-8-6-20(7-9-21)15(22)11-2-1-3-12(10-11)25-16(18)19/h1-5,10,16H,6-9H2. The third-order valence-corrected chi connectivity index (χ3v) is 7.57. The van der Waals surface area contributed by atoms with E-state index >= 15 is 0 Å². The smallest absolute Gasteiger partial charge is 0.387 e. The number of amides is 1. The molecule has 1 aromatic heterocycles. The Morgan fingerprint density at radius 2 is 1.85 bits per heavy atom. The van der Waals surface area contributed by atoms with Crippen molar-refractivity contribution in [3.05, 3.63) is 46.3 Å². The molecule has 6 nitrogen and oxygen atoms in total. The van der Waals surface area contributed by atoms with Crippen LogP contribution in [0.25, 0.3) is 0 Å². The first-order valence-corrected chi connectivity index (χ1v) is 10.5. The molecule has 0 atom stereocenters. The van der Waals surface area contributed by atoms with Crippen LogP contribution in [0, 0.1) is 0 Å². The van der Waals surface area contributed by atoms with Crippen molar-refractivity contribution in [3.8, 4) is 5.75 Å². The summed E-state index contributed by atoms with van der Waals surface area (Å²) in [6, 6.07) is 8.50. The van der Waals surface area contributed by atoms with Crippen LogP contribution in [-0.4, -0.2) is 56.3 Å². The fourth-order valence-electron chi connectivity index (χ4n) is 2.68. The Morgan fingerprint density at radius 3 is 2.44 bits per heavy atom. The molecule has 2 heterocycles. The number of thiophene rings is 1. The normalized spacial score (nSPS) is 15.9. The van der Waals surface area contributed by atoms with E-state index in [1.165, 1.54) is 45.6 Å². The molecule has 27 heavy (non-hydrogen) atoms. The molecule has 1 saturated heterocycles. The van der Waals surface area contributed by atoms with E-state index in [-0.39, 0.29) is 47.6 Å². The summed E-state index contributed by atoms with van der Waals surface area (Å²) in [7, 11) is -3.65. The lowest BCUT2D eigenvalue weighted by molar-refractivity contribution is -0.0499. The SMILES string of the molecule is O=C(c1cccc(OC(F)F)c1)N1CCN(S(=O)(=O)c2ccc(Cl)s2)CC1. The number of nitrogens with zero attached hydrogens (tertiary/aromatic N) is 2. The van der Waals surface area contributed by atoms with Crippen molar-refractivity contribution in [1.82, 2.24) is 9.21 Å². The van der Waals surface area contributed by atoms with Gasteiger partial charge in [0.05, 0.1) is 4.34 Å². The third kappa shape index (κ3) is 4.57. The molecule has 0 spiro atoms. The van der Waals surface area contributed by atoms with E-state index in [9.17, 15) is 22.0 Å². The maximum atomic E-state index is 12.6. The van der Waals surface area contributed by atoms with Gasteiger partial charge in [0.15, 0.2) is 0 Å². The van der Waals surface area contributed by atoms with Crippen LogP contribution < -0.4 is 4.74 Å². The lowest BCUT2D eigenvalue weighted by atomic mass is 10.1. The van der Waals surface area contributed by atoms with Crippen molar-refractivity contribution in [2.75, 3.05) is 26.2 Å². The number of alkyl halides is 2. The van der Waals surface area contributed by atoms with Gasteiger partial charge < -0.3 is 9.64 Å².